The van der Waals surface area contributed by atoms with Crippen LogP contribution in [0.4, 0.5) is 15.3 Å². The van der Waals surface area contributed by atoms with E-state index in [1.54, 1.807) is 13.2 Å². The summed E-state index contributed by atoms with van der Waals surface area (Å²) in [5.41, 5.74) is 0.144. The Balaban J connectivity index is 2.25. The van der Waals surface area contributed by atoms with Crippen LogP contribution in [0.15, 0.2) is 18.5 Å². The molecule has 5 nitrogen and oxygen atoms in total. The van der Waals surface area contributed by atoms with Gasteiger partial charge in [0.05, 0.1) is 11.8 Å². The summed E-state index contributed by atoms with van der Waals surface area (Å²) in [7, 11) is 1.62. The van der Waals surface area contributed by atoms with E-state index in [2.05, 4.69) is 20.6 Å². The Morgan fingerprint density at radius 1 is 1.39 bits per heavy atom. The third kappa shape index (κ3) is 2.62. The maximum Gasteiger partial charge on any atom is 0.261 e. The first-order valence-corrected chi connectivity index (χ1v) is 5.99. The summed E-state index contributed by atoms with van der Waals surface area (Å²) >= 11 is 1.35. The molecule has 0 aliphatic rings. The predicted molar refractivity (Wildman–Crippen MR) is 68.5 cm³/mol. The smallest absolute Gasteiger partial charge is 0.261 e. The van der Waals surface area contributed by atoms with Crippen LogP contribution >= 0.6 is 11.3 Å². The van der Waals surface area contributed by atoms with Crippen molar-refractivity contribution in [2.45, 2.75) is 6.92 Å². The molecule has 94 valence electrons. The highest BCUT2D eigenvalue weighted by Crippen LogP contribution is 2.19. The van der Waals surface area contributed by atoms with Crippen LogP contribution in [-0.4, -0.2) is 22.9 Å². The molecule has 0 aromatic carbocycles. The summed E-state index contributed by atoms with van der Waals surface area (Å²) < 4.78 is 13.1. The summed E-state index contributed by atoms with van der Waals surface area (Å²) in [6.45, 7) is 1.89. The second-order valence-electron chi connectivity index (χ2n) is 3.53. The zero-order valence-electron chi connectivity index (χ0n) is 9.82. The molecule has 0 atom stereocenters. The van der Waals surface area contributed by atoms with E-state index in [0.717, 1.165) is 17.1 Å². The molecule has 0 saturated carbocycles. The molecule has 1 amide bonds. The zero-order valence-corrected chi connectivity index (χ0v) is 10.6. The van der Waals surface area contributed by atoms with Gasteiger partial charge in [-0.1, -0.05) is 0 Å². The Hall–Kier alpha value is -2.02. The first-order chi connectivity index (χ1) is 8.60. The lowest BCUT2D eigenvalue weighted by Crippen LogP contribution is -2.15. The highest BCUT2D eigenvalue weighted by Gasteiger charge is 2.14. The first-order valence-electron chi connectivity index (χ1n) is 5.17. The number of hydrogen-bond donors (Lipinski definition) is 2. The second kappa shape index (κ2) is 5.09. The standard InChI is InChI=1S/C11H11FN4OS/c1-6-4-15-11(18-6)16-10(17)8-3-7(12)5-14-9(8)13-2/h3-5H,1-2H3,(H,13,14)(H,15,16,17). The fourth-order valence-corrected chi connectivity index (χ4v) is 2.05. The third-order valence-electron chi connectivity index (χ3n) is 2.18. The van der Waals surface area contributed by atoms with Gasteiger partial charge in [-0.15, -0.1) is 11.3 Å². The van der Waals surface area contributed by atoms with E-state index in [9.17, 15) is 9.18 Å². The molecule has 0 unspecified atom stereocenters. The Kier molecular flexibility index (Phi) is 3.52. The number of aryl methyl sites for hydroxylation is 1. The van der Waals surface area contributed by atoms with Crippen molar-refractivity contribution in [3.63, 3.8) is 0 Å². The van der Waals surface area contributed by atoms with Gasteiger partial charge >= 0.3 is 0 Å². The summed E-state index contributed by atoms with van der Waals surface area (Å²) in [5, 5.41) is 5.82. The van der Waals surface area contributed by atoms with Gasteiger partial charge in [0.2, 0.25) is 0 Å². The van der Waals surface area contributed by atoms with Crippen LogP contribution in [0.25, 0.3) is 0 Å². The van der Waals surface area contributed by atoms with Gasteiger partial charge in [-0.2, -0.15) is 0 Å². The van der Waals surface area contributed by atoms with E-state index in [1.165, 1.54) is 11.3 Å². The number of thiazole rings is 1. The van der Waals surface area contributed by atoms with Crippen molar-refractivity contribution >= 4 is 28.2 Å². The molecule has 2 aromatic rings. The topological polar surface area (TPSA) is 66.9 Å². The molecule has 0 fully saturated rings. The minimum absolute atomic E-state index is 0.144. The lowest BCUT2D eigenvalue weighted by atomic mass is 10.2. The van der Waals surface area contributed by atoms with E-state index in [-0.39, 0.29) is 5.56 Å². The maximum atomic E-state index is 13.1. The third-order valence-corrected chi connectivity index (χ3v) is 3.01. The van der Waals surface area contributed by atoms with Crippen molar-refractivity contribution in [1.82, 2.24) is 9.97 Å². The molecule has 0 saturated heterocycles. The molecule has 0 bridgehead atoms. The van der Waals surface area contributed by atoms with Gasteiger partial charge in [-0.3, -0.25) is 10.1 Å². The van der Waals surface area contributed by atoms with Crippen LogP contribution < -0.4 is 10.6 Å². The lowest BCUT2D eigenvalue weighted by molar-refractivity contribution is 0.102. The van der Waals surface area contributed by atoms with E-state index < -0.39 is 11.7 Å². The Morgan fingerprint density at radius 2 is 2.17 bits per heavy atom. The zero-order chi connectivity index (χ0) is 13.1. The predicted octanol–water partition coefficient (Wildman–Crippen LogP) is 2.28. The van der Waals surface area contributed by atoms with Gasteiger partial charge in [0.1, 0.15) is 11.6 Å². The van der Waals surface area contributed by atoms with Crippen LogP contribution in [0.5, 0.6) is 0 Å². The van der Waals surface area contributed by atoms with E-state index in [1.807, 2.05) is 6.92 Å². The van der Waals surface area contributed by atoms with Crippen LogP contribution in [0.3, 0.4) is 0 Å². The van der Waals surface area contributed by atoms with Crippen molar-refractivity contribution in [2.24, 2.45) is 0 Å². The average Bonchev–Trinajstić information content (AvgIpc) is 2.74. The monoisotopic (exact) mass is 266 g/mol. The van der Waals surface area contributed by atoms with E-state index >= 15 is 0 Å². The van der Waals surface area contributed by atoms with Crippen LogP contribution in [-0.2, 0) is 0 Å². The van der Waals surface area contributed by atoms with Crippen molar-refractivity contribution in [3.05, 3.63) is 34.7 Å². The molecule has 2 N–H and O–H groups in total. The number of hydrogen-bond acceptors (Lipinski definition) is 5. The quantitative estimate of drug-likeness (QED) is 0.894. The fraction of sp³-hybridized carbons (Fsp3) is 0.182. The average molecular weight is 266 g/mol. The number of anilines is 2. The normalized spacial score (nSPS) is 10.2. The molecule has 0 spiro atoms. The van der Waals surface area contributed by atoms with Gasteiger partial charge in [0.25, 0.3) is 5.91 Å². The number of nitrogens with one attached hydrogen (secondary N) is 2. The lowest BCUT2D eigenvalue weighted by Gasteiger charge is -2.07. The number of aromatic nitrogens is 2. The number of halogens is 1. The van der Waals surface area contributed by atoms with Gasteiger partial charge in [0, 0.05) is 18.1 Å². The van der Waals surface area contributed by atoms with Crippen molar-refractivity contribution in [2.75, 3.05) is 17.7 Å². The fourth-order valence-electron chi connectivity index (χ4n) is 1.39. The van der Waals surface area contributed by atoms with Gasteiger partial charge in [-0.25, -0.2) is 14.4 Å². The maximum absolute atomic E-state index is 13.1. The minimum atomic E-state index is -0.561. The molecule has 7 heteroatoms. The van der Waals surface area contributed by atoms with Crippen LogP contribution in [0.1, 0.15) is 15.2 Å². The van der Waals surface area contributed by atoms with Crippen LogP contribution in [0, 0.1) is 12.7 Å². The van der Waals surface area contributed by atoms with Gasteiger partial charge in [-0.05, 0) is 13.0 Å². The molecular formula is C11H11FN4OS. The van der Waals surface area contributed by atoms with E-state index in [4.69, 9.17) is 0 Å². The molecule has 18 heavy (non-hydrogen) atoms. The number of pyridine rings is 1. The van der Waals surface area contributed by atoms with Crippen molar-refractivity contribution < 1.29 is 9.18 Å². The molecule has 0 radical (unpaired) electrons. The van der Waals surface area contributed by atoms with Gasteiger partial charge in [0.15, 0.2) is 5.13 Å². The number of nitrogens with zero attached hydrogens (tertiary/aromatic N) is 2. The Morgan fingerprint density at radius 3 is 2.78 bits per heavy atom. The van der Waals surface area contributed by atoms with Crippen molar-refractivity contribution in [3.8, 4) is 0 Å². The van der Waals surface area contributed by atoms with Crippen molar-refractivity contribution in [1.29, 1.82) is 0 Å². The minimum Gasteiger partial charge on any atom is -0.372 e. The van der Waals surface area contributed by atoms with E-state index in [0.29, 0.717) is 10.9 Å². The summed E-state index contributed by atoms with van der Waals surface area (Å²) in [6.07, 6.45) is 2.71. The summed E-state index contributed by atoms with van der Waals surface area (Å²) in [4.78, 5) is 20.8. The number of rotatable bonds is 3. The first kappa shape index (κ1) is 12.4. The molecule has 2 aromatic heterocycles. The molecule has 2 heterocycles. The molecule has 0 aliphatic carbocycles. The highest BCUT2D eigenvalue weighted by molar-refractivity contribution is 7.15. The number of carbonyl (C=O) groups excluding carboxylic acids is 1. The molecular weight excluding hydrogens is 255 g/mol. The second-order valence-corrected chi connectivity index (χ2v) is 4.76. The number of carbonyl (C=O) groups is 1. The Bertz CT molecular complexity index is 584. The highest BCUT2D eigenvalue weighted by atomic mass is 32.1. The largest absolute Gasteiger partial charge is 0.372 e. The molecule has 0 aliphatic heterocycles. The summed E-state index contributed by atoms with van der Waals surface area (Å²) in [5.74, 6) is -0.683. The number of amides is 1. The van der Waals surface area contributed by atoms with Gasteiger partial charge < -0.3 is 5.32 Å². The Labute approximate surface area is 107 Å². The SMILES string of the molecule is CNc1ncc(F)cc1C(=O)Nc1ncc(C)s1. The van der Waals surface area contributed by atoms with Crippen LogP contribution in [0.2, 0.25) is 0 Å². The summed E-state index contributed by atoms with van der Waals surface area (Å²) in [6, 6.07) is 1.13. The molecule has 2 rings (SSSR count).